The monoisotopic (exact) mass is 456 g/mol. The lowest BCUT2D eigenvalue weighted by Crippen LogP contribution is -2.16. The lowest BCUT2D eigenvalue weighted by atomic mass is 10.0. The van der Waals surface area contributed by atoms with Crippen LogP contribution < -0.4 is 14.2 Å². The Labute approximate surface area is 178 Å². The third-order valence-electron chi connectivity index (χ3n) is 4.24. The number of benzene rings is 1. The molecule has 1 atom stereocenters. The van der Waals surface area contributed by atoms with Crippen LogP contribution in [0.25, 0.3) is 0 Å². The zero-order valence-electron chi connectivity index (χ0n) is 17.1. The third kappa shape index (κ3) is 3.70. The summed E-state index contributed by atoms with van der Waals surface area (Å²) < 4.78 is 56.9. The number of anilines is 1. The van der Waals surface area contributed by atoms with Gasteiger partial charge in [0.15, 0.2) is 18.7 Å². The van der Waals surface area contributed by atoms with Gasteiger partial charge in [0.25, 0.3) is 15.9 Å². The summed E-state index contributed by atoms with van der Waals surface area (Å²) in [4.78, 5) is 12.6. The number of ether oxygens (including phenoxy) is 2. The summed E-state index contributed by atoms with van der Waals surface area (Å²) in [5.41, 5.74) is 1.57. The molecule has 1 aliphatic heterocycles. The highest BCUT2D eigenvalue weighted by molar-refractivity contribution is 7.93. The van der Waals surface area contributed by atoms with Gasteiger partial charge in [-0.15, -0.1) is 11.3 Å². The Morgan fingerprint density at radius 2 is 2.10 bits per heavy atom. The number of hydrogen-bond acceptors (Lipinski definition) is 8. The number of aryl methyl sites for hydroxylation is 2. The van der Waals surface area contributed by atoms with Gasteiger partial charge in [-0.3, -0.25) is 4.79 Å². The first-order chi connectivity index (χ1) is 14.6. The van der Waals surface area contributed by atoms with E-state index in [0.717, 1.165) is 16.9 Å². The van der Waals surface area contributed by atoms with E-state index in [4.69, 9.17) is 28.4 Å². The first kappa shape index (κ1) is 17.3. The number of nitrogens with one attached hydrogen (secondary N) is 1. The first-order valence-electron chi connectivity index (χ1n) is 9.27. The Morgan fingerprint density at radius 1 is 1.38 bits per heavy atom. The zero-order chi connectivity index (χ0) is 22.5. The predicted octanol–water partition coefficient (Wildman–Crippen LogP) is 3.96. The molecular weight excluding hydrogens is 440 g/mol. The third-order valence-corrected chi connectivity index (χ3v) is 7.06. The molecule has 0 aliphatic carbocycles. The lowest BCUT2D eigenvalue weighted by Gasteiger charge is -2.09. The molecule has 0 saturated carbocycles. The van der Waals surface area contributed by atoms with E-state index in [2.05, 4.69) is 5.16 Å². The smallest absolute Gasteiger partial charge is 0.265 e. The van der Waals surface area contributed by atoms with Crippen LogP contribution in [0.4, 0.5) is 5.88 Å². The molecule has 0 spiro atoms. The number of thiophene rings is 1. The molecular formula is C18H15ClN2O6S2. The van der Waals surface area contributed by atoms with Gasteiger partial charge in [0.1, 0.15) is 17.0 Å². The number of fused-ring (bicyclic) bond motifs is 1. The van der Waals surface area contributed by atoms with Crippen molar-refractivity contribution in [3.8, 4) is 11.5 Å². The quantitative estimate of drug-likeness (QED) is 0.559. The van der Waals surface area contributed by atoms with E-state index in [1.54, 1.807) is 19.1 Å². The molecule has 4 rings (SSSR count). The molecule has 3 heterocycles. The maximum Gasteiger partial charge on any atom is 0.265 e. The summed E-state index contributed by atoms with van der Waals surface area (Å²) in [5.74, 6) is -0.149. The molecule has 2 aromatic heterocycles. The van der Waals surface area contributed by atoms with Gasteiger partial charge in [0.2, 0.25) is 6.77 Å². The van der Waals surface area contributed by atoms with Crippen molar-refractivity contribution in [2.24, 2.45) is 0 Å². The number of carbonyl (C=O) groups excluding carboxylic acids is 1. The summed E-state index contributed by atoms with van der Waals surface area (Å²) in [7, 11) is -4.45. The van der Waals surface area contributed by atoms with Gasteiger partial charge >= 0.3 is 0 Å². The summed E-state index contributed by atoms with van der Waals surface area (Å²) in [6.45, 7) is 2.12. The van der Waals surface area contributed by atoms with Gasteiger partial charge in [-0.25, -0.2) is 13.1 Å². The lowest BCUT2D eigenvalue weighted by molar-refractivity contribution is 0.0994. The number of aromatic nitrogens is 1. The van der Waals surface area contributed by atoms with Gasteiger partial charge in [0.05, 0.1) is 4.88 Å². The van der Waals surface area contributed by atoms with Gasteiger partial charge in [-0.1, -0.05) is 16.8 Å². The van der Waals surface area contributed by atoms with E-state index >= 15 is 0 Å². The van der Waals surface area contributed by atoms with E-state index in [-0.39, 0.29) is 31.6 Å². The number of ketones is 1. The molecule has 8 nitrogen and oxygen atoms in total. The SMILES string of the molecule is [2H]C1Oc2cc(C)c(CC(=O)c3sccc3S(=O)(=O)N([2H])c3onc(C)c3Cl)cc2O1. The molecule has 0 fully saturated rings. The maximum absolute atomic E-state index is 13.0. The average molecular weight is 457 g/mol. The number of halogens is 1. The Morgan fingerprint density at radius 3 is 2.79 bits per heavy atom. The number of carbonyl (C=O) groups is 1. The van der Waals surface area contributed by atoms with Gasteiger partial charge in [-0.05, 0) is 48.6 Å². The summed E-state index contributed by atoms with van der Waals surface area (Å²) in [6.07, 6.45) is -0.103. The minimum Gasteiger partial charge on any atom is -0.454 e. The van der Waals surface area contributed by atoms with Crippen molar-refractivity contribution >= 4 is 44.6 Å². The van der Waals surface area contributed by atoms with Crippen LogP contribution in [0.1, 0.15) is 27.9 Å². The van der Waals surface area contributed by atoms with Gasteiger partial charge in [-0.2, -0.15) is 0 Å². The molecule has 152 valence electrons. The van der Waals surface area contributed by atoms with Crippen molar-refractivity contribution in [1.29, 1.82) is 0 Å². The van der Waals surface area contributed by atoms with Crippen molar-refractivity contribution in [3.05, 3.63) is 50.3 Å². The molecule has 1 aliphatic rings. The van der Waals surface area contributed by atoms with Crippen LogP contribution in [-0.4, -0.2) is 26.1 Å². The highest BCUT2D eigenvalue weighted by Gasteiger charge is 2.27. The van der Waals surface area contributed by atoms with Crippen molar-refractivity contribution < 1.29 is 30.0 Å². The number of nitrogens with zero attached hydrogens (tertiary/aromatic N) is 1. The molecule has 0 amide bonds. The van der Waals surface area contributed by atoms with Crippen LogP contribution in [0.2, 0.25) is 6.43 Å². The minimum atomic E-state index is -4.45. The van der Waals surface area contributed by atoms with Crippen molar-refractivity contribution in [3.63, 3.8) is 0 Å². The molecule has 1 N–H and O–H groups in total. The Kier molecular flexibility index (Phi) is 4.39. The van der Waals surface area contributed by atoms with Crippen LogP contribution in [0, 0.1) is 13.8 Å². The highest BCUT2D eigenvalue weighted by atomic mass is 35.5. The molecule has 0 bridgehead atoms. The van der Waals surface area contributed by atoms with Crippen LogP contribution >= 0.6 is 22.9 Å². The fourth-order valence-corrected chi connectivity index (χ4v) is 5.19. The Balaban J connectivity index is 1.63. The Bertz CT molecular complexity index is 1290. The number of sulfonamides is 1. The van der Waals surface area contributed by atoms with Crippen LogP contribution in [0.3, 0.4) is 0 Å². The fraction of sp³-hybridized carbons (Fsp3) is 0.222. The summed E-state index contributed by atoms with van der Waals surface area (Å²) in [5, 5.41) is 4.91. The van der Waals surface area contributed by atoms with E-state index in [1.165, 1.54) is 18.4 Å². The highest BCUT2D eigenvalue weighted by Crippen LogP contribution is 2.36. The minimum absolute atomic E-state index is 0.0277. The number of rotatable bonds is 6. The molecule has 3 aromatic rings. The second-order valence-corrected chi connectivity index (χ2v) is 9.09. The molecule has 1 unspecified atom stereocenters. The van der Waals surface area contributed by atoms with Crippen molar-refractivity contribution in [2.45, 2.75) is 25.2 Å². The Hall–Kier alpha value is -2.56. The largest absolute Gasteiger partial charge is 0.454 e. The second-order valence-electron chi connectivity index (χ2n) is 6.22. The summed E-state index contributed by atoms with van der Waals surface area (Å²) in [6, 6.07) is 4.52. The van der Waals surface area contributed by atoms with E-state index < -0.39 is 28.5 Å². The van der Waals surface area contributed by atoms with Gasteiger partial charge in [0, 0.05) is 6.42 Å². The van der Waals surface area contributed by atoms with Gasteiger partial charge < -0.3 is 14.0 Å². The van der Waals surface area contributed by atoms with E-state index in [9.17, 15) is 13.2 Å². The topological polar surface area (TPSA) is 108 Å². The molecule has 0 radical (unpaired) electrons. The molecule has 1 aromatic carbocycles. The number of hydrogen-bond donors (Lipinski definition) is 1. The normalized spacial score (nSPS) is 16.4. The zero-order valence-corrected chi connectivity index (χ0v) is 17.5. The maximum atomic E-state index is 13.0. The first-order valence-corrected chi connectivity index (χ1v) is 10.9. The van der Waals surface area contributed by atoms with E-state index in [0.29, 0.717) is 17.1 Å². The van der Waals surface area contributed by atoms with Crippen molar-refractivity contribution in [2.75, 3.05) is 11.5 Å². The van der Waals surface area contributed by atoms with Crippen LogP contribution in [0.15, 0.2) is 33.0 Å². The predicted molar refractivity (Wildman–Crippen MR) is 107 cm³/mol. The fourth-order valence-electron chi connectivity index (χ4n) is 2.72. The van der Waals surface area contributed by atoms with E-state index in [1.807, 2.05) is 0 Å². The molecule has 29 heavy (non-hydrogen) atoms. The number of Topliss-reactive ketones (excluding diaryl/α,β-unsaturated/α-hetero) is 1. The second kappa shape index (κ2) is 7.36. The summed E-state index contributed by atoms with van der Waals surface area (Å²) >= 11 is 6.93. The van der Waals surface area contributed by atoms with Crippen LogP contribution in [0.5, 0.6) is 11.5 Å². The molecule has 11 heteroatoms. The molecule has 0 saturated heterocycles. The van der Waals surface area contributed by atoms with Crippen molar-refractivity contribution in [1.82, 2.24) is 5.16 Å². The van der Waals surface area contributed by atoms with Crippen LogP contribution in [-0.2, 0) is 16.4 Å². The average Bonchev–Trinajstić information content (AvgIpc) is 3.41. The standard InChI is InChI=1S/C18H15ClN2O6S2/c1-9-5-13-14(26-8-25-13)7-11(9)6-12(22)17-15(3-4-28-17)29(23,24)21-18-16(19)10(2)20-27-18/h3-5,7,21H,6,8H2,1-2H3/i8D/hD.